The highest BCUT2D eigenvalue weighted by atomic mass is 32.1. The van der Waals surface area contributed by atoms with Gasteiger partial charge in [-0.1, -0.05) is 6.92 Å². The number of thiazole rings is 1. The van der Waals surface area contributed by atoms with Gasteiger partial charge in [-0.3, -0.25) is 0 Å². The van der Waals surface area contributed by atoms with Crippen molar-refractivity contribution in [1.29, 1.82) is 0 Å². The van der Waals surface area contributed by atoms with Crippen molar-refractivity contribution in [3.8, 4) is 0 Å². The molecule has 0 radical (unpaired) electrons. The summed E-state index contributed by atoms with van der Waals surface area (Å²) < 4.78 is 0. The Hall–Kier alpha value is -1.69. The Morgan fingerprint density at radius 1 is 1.14 bits per heavy atom. The van der Waals surface area contributed by atoms with E-state index in [-0.39, 0.29) is 0 Å². The van der Waals surface area contributed by atoms with Gasteiger partial charge in [-0.2, -0.15) is 0 Å². The van der Waals surface area contributed by atoms with E-state index in [0.29, 0.717) is 5.41 Å². The van der Waals surface area contributed by atoms with E-state index in [1.165, 1.54) is 12.0 Å². The molecule has 0 aromatic carbocycles. The summed E-state index contributed by atoms with van der Waals surface area (Å²) in [6.45, 7) is 6.50. The van der Waals surface area contributed by atoms with Gasteiger partial charge in [0.05, 0.1) is 0 Å². The molecular formula is C15H19N5S. The third-order valence-electron chi connectivity index (χ3n) is 4.56. The SMILES string of the molecule is CCc1cnc(N2CC3(CCN(c4nccs4)C3)C2)nc1. The Morgan fingerprint density at radius 3 is 2.57 bits per heavy atom. The van der Waals surface area contributed by atoms with E-state index in [9.17, 15) is 0 Å². The van der Waals surface area contributed by atoms with E-state index in [2.05, 4.69) is 37.1 Å². The van der Waals surface area contributed by atoms with Gasteiger partial charge in [0.25, 0.3) is 0 Å². The number of aryl methyl sites for hydroxylation is 1. The van der Waals surface area contributed by atoms with Crippen LogP contribution in [0.15, 0.2) is 24.0 Å². The summed E-state index contributed by atoms with van der Waals surface area (Å²) in [5.41, 5.74) is 1.61. The topological polar surface area (TPSA) is 45.2 Å². The Labute approximate surface area is 128 Å². The van der Waals surface area contributed by atoms with Gasteiger partial charge >= 0.3 is 0 Å². The Bertz CT molecular complexity index is 604. The molecule has 0 atom stereocenters. The molecule has 1 spiro atoms. The van der Waals surface area contributed by atoms with Crippen LogP contribution in [-0.2, 0) is 6.42 Å². The van der Waals surface area contributed by atoms with Crippen LogP contribution in [0.25, 0.3) is 0 Å². The second-order valence-corrected chi connectivity index (χ2v) is 6.96. The number of rotatable bonds is 3. The summed E-state index contributed by atoms with van der Waals surface area (Å²) in [6.07, 6.45) is 8.03. The number of hydrogen-bond donors (Lipinski definition) is 0. The van der Waals surface area contributed by atoms with Crippen LogP contribution in [0.2, 0.25) is 0 Å². The lowest BCUT2D eigenvalue weighted by molar-refractivity contribution is 0.243. The normalized spacial score (nSPS) is 20.0. The van der Waals surface area contributed by atoms with Crippen LogP contribution >= 0.6 is 11.3 Å². The zero-order valence-electron chi connectivity index (χ0n) is 12.2. The van der Waals surface area contributed by atoms with Crippen molar-refractivity contribution in [3.05, 3.63) is 29.5 Å². The molecule has 0 N–H and O–H groups in total. The summed E-state index contributed by atoms with van der Waals surface area (Å²) in [6, 6.07) is 0. The average molecular weight is 301 g/mol. The fraction of sp³-hybridized carbons (Fsp3) is 0.533. The molecule has 0 aliphatic carbocycles. The highest BCUT2D eigenvalue weighted by Gasteiger charge is 2.48. The van der Waals surface area contributed by atoms with E-state index in [0.717, 1.165) is 43.7 Å². The lowest BCUT2D eigenvalue weighted by Gasteiger charge is -2.47. The van der Waals surface area contributed by atoms with Crippen LogP contribution in [0.1, 0.15) is 18.9 Å². The lowest BCUT2D eigenvalue weighted by Crippen LogP contribution is -2.58. The molecule has 2 aromatic rings. The second-order valence-electron chi connectivity index (χ2n) is 6.09. The number of hydrogen-bond acceptors (Lipinski definition) is 6. The molecule has 0 amide bonds. The van der Waals surface area contributed by atoms with E-state index in [4.69, 9.17) is 0 Å². The number of aromatic nitrogens is 3. The Kier molecular flexibility index (Phi) is 3.06. The smallest absolute Gasteiger partial charge is 0.225 e. The third kappa shape index (κ3) is 2.27. The summed E-state index contributed by atoms with van der Waals surface area (Å²) in [4.78, 5) is 18.1. The average Bonchev–Trinajstić information content (AvgIpc) is 3.15. The fourth-order valence-electron chi connectivity index (χ4n) is 3.33. The maximum atomic E-state index is 4.49. The Morgan fingerprint density at radius 2 is 1.90 bits per heavy atom. The molecule has 0 unspecified atom stereocenters. The van der Waals surface area contributed by atoms with Gasteiger partial charge in [0, 0.05) is 55.6 Å². The first kappa shape index (κ1) is 13.0. The predicted molar refractivity (Wildman–Crippen MR) is 85.0 cm³/mol. The molecule has 0 bridgehead atoms. The van der Waals surface area contributed by atoms with Gasteiger partial charge in [-0.15, -0.1) is 11.3 Å². The molecule has 6 heteroatoms. The van der Waals surface area contributed by atoms with E-state index in [1.807, 2.05) is 18.6 Å². The van der Waals surface area contributed by atoms with Crippen LogP contribution in [0.5, 0.6) is 0 Å². The number of nitrogens with zero attached hydrogens (tertiary/aromatic N) is 5. The predicted octanol–water partition coefficient (Wildman–Crippen LogP) is 2.21. The summed E-state index contributed by atoms with van der Waals surface area (Å²) in [7, 11) is 0. The first-order chi connectivity index (χ1) is 10.3. The molecule has 5 nitrogen and oxygen atoms in total. The molecule has 2 aromatic heterocycles. The molecule has 2 fully saturated rings. The molecule has 0 saturated carbocycles. The van der Waals surface area contributed by atoms with E-state index >= 15 is 0 Å². The highest BCUT2D eigenvalue weighted by Crippen LogP contribution is 2.42. The van der Waals surface area contributed by atoms with Crippen molar-refractivity contribution in [1.82, 2.24) is 15.0 Å². The van der Waals surface area contributed by atoms with Crippen LogP contribution in [-0.4, -0.2) is 41.1 Å². The standard InChI is InChI=1S/C15H19N5S/c1-2-12-7-17-13(18-8-12)20-10-15(11-20)3-5-19(9-15)14-16-4-6-21-14/h4,6-8H,2-3,5,9-11H2,1H3. The minimum atomic E-state index is 0.415. The van der Waals surface area contributed by atoms with Crippen molar-refractivity contribution < 1.29 is 0 Å². The molecule has 4 rings (SSSR count). The van der Waals surface area contributed by atoms with E-state index < -0.39 is 0 Å². The zero-order chi connectivity index (χ0) is 14.3. The van der Waals surface area contributed by atoms with Crippen molar-refractivity contribution in [2.45, 2.75) is 19.8 Å². The van der Waals surface area contributed by atoms with Gasteiger partial charge in [-0.25, -0.2) is 15.0 Å². The lowest BCUT2D eigenvalue weighted by atomic mass is 9.79. The molecule has 110 valence electrons. The first-order valence-corrected chi connectivity index (χ1v) is 8.36. The quantitative estimate of drug-likeness (QED) is 0.870. The summed E-state index contributed by atoms with van der Waals surface area (Å²) >= 11 is 1.73. The van der Waals surface area contributed by atoms with Crippen LogP contribution in [0, 0.1) is 5.41 Å². The molecule has 2 saturated heterocycles. The van der Waals surface area contributed by atoms with Crippen LogP contribution < -0.4 is 9.80 Å². The van der Waals surface area contributed by atoms with Crippen LogP contribution in [0.4, 0.5) is 11.1 Å². The monoisotopic (exact) mass is 301 g/mol. The van der Waals surface area contributed by atoms with Crippen molar-refractivity contribution in [2.75, 3.05) is 36.0 Å². The zero-order valence-corrected chi connectivity index (χ0v) is 13.0. The van der Waals surface area contributed by atoms with Gasteiger partial charge in [0.1, 0.15) is 0 Å². The molecule has 4 heterocycles. The third-order valence-corrected chi connectivity index (χ3v) is 5.40. The largest absolute Gasteiger partial charge is 0.347 e. The van der Waals surface area contributed by atoms with Gasteiger partial charge in [0.2, 0.25) is 5.95 Å². The second kappa shape index (κ2) is 4.94. The highest BCUT2D eigenvalue weighted by molar-refractivity contribution is 7.13. The van der Waals surface area contributed by atoms with Gasteiger partial charge < -0.3 is 9.80 Å². The minimum Gasteiger partial charge on any atom is -0.347 e. The minimum absolute atomic E-state index is 0.415. The van der Waals surface area contributed by atoms with Crippen LogP contribution in [0.3, 0.4) is 0 Å². The fourth-order valence-corrected chi connectivity index (χ4v) is 4.00. The summed E-state index contributed by atoms with van der Waals surface area (Å²) in [5, 5.41) is 3.21. The maximum absolute atomic E-state index is 4.49. The van der Waals surface area contributed by atoms with Crippen molar-refractivity contribution in [3.63, 3.8) is 0 Å². The molecular weight excluding hydrogens is 282 g/mol. The van der Waals surface area contributed by atoms with Gasteiger partial charge in [0.15, 0.2) is 5.13 Å². The summed E-state index contributed by atoms with van der Waals surface area (Å²) in [5.74, 6) is 0.880. The number of anilines is 2. The van der Waals surface area contributed by atoms with E-state index in [1.54, 1.807) is 11.3 Å². The van der Waals surface area contributed by atoms with Crippen molar-refractivity contribution in [2.24, 2.45) is 5.41 Å². The van der Waals surface area contributed by atoms with Gasteiger partial charge in [-0.05, 0) is 18.4 Å². The molecule has 2 aliphatic rings. The first-order valence-electron chi connectivity index (χ1n) is 7.48. The molecule has 21 heavy (non-hydrogen) atoms. The Balaban J connectivity index is 1.40. The molecule has 2 aliphatic heterocycles. The van der Waals surface area contributed by atoms with Crippen molar-refractivity contribution >= 4 is 22.4 Å². The maximum Gasteiger partial charge on any atom is 0.225 e.